The van der Waals surface area contributed by atoms with Crippen molar-refractivity contribution in [1.82, 2.24) is 9.55 Å². The maximum Gasteiger partial charge on any atom is 0.336 e. The van der Waals surface area contributed by atoms with Crippen LogP contribution in [-0.4, -0.2) is 52.7 Å². The Balaban J connectivity index is 1.58. The summed E-state index contributed by atoms with van der Waals surface area (Å²) in [5, 5.41) is 20.0. The highest BCUT2D eigenvalue weighted by Gasteiger charge is 2.22. The van der Waals surface area contributed by atoms with E-state index in [1.54, 1.807) is 61.8 Å². The molecule has 0 unspecified atom stereocenters. The van der Waals surface area contributed by atoms with Crippen LogP contribution in [0.5, 0.6) is 28.7 Å². The van der Waals surface area contributed by atoms with Gasteiger partial charge in [0.2, 0.25) is 6.79 Å². The first kappa shape index (κ1) is 32.0. The predicted octanol–water partition coefficient (Wildman–Crippen LogP) is 6.34. The number of methoxy groups -OCH3 is 2. The number of carbonyl (C=O) groups is 2. The topological polar surface area (TPSA) is 139 Å². The lowest BCUT2D eigenvalue weighted by atomic mass is 10.0. The maximum atomic E-state index is 12.6. The van der Waals surface area contributed by atoms with E-state index in [4.69, 9.17) is 28.7 Å². The van der Waals surface area contributed by atoms with Crippen molar-refractivity contribution < 1.29 is 43.5 Å². The van der Waals surface area contributed by atoms with Gasteiger partial charge in [0.25, 0.3) is 0 Å². The summed E-state index contributed by atoms with van der Waals surface area (Å²) in [7, 11) is 3.06. The molecule has 5 rings (SSSR count). The standard InChI is InChI=1S/C35H36N2O9/c1-4-5-6-11-33-36-19-25(15-24(34(38)39)14-23-16-31-32(46-21-45-31)18-29(23)43-3)37(33)28-13-12-26(42-2)17-30(28)44-20-22-9-7-8-10-27(22)35(40)41/h7-10,12-13,15-19H,4-6,11,14,20-21H2,1-3H3,(H,38,39)(H,40,41)/b24-15+. The molecular weight excluding hydrogens is 592 g/mol. The van der Waals surface area contributed by atoms with Gasteiger partial charge in [-0.2, -0.15) is 0 Å². The van der Waals surface area contributed by atoms with Crippen LogP contribution in [0.4, 0.5) is 0 Å². The molecule has 2 N–H and O–H groups in total. The SMILES string of the molecule is CCCCCc1ncc(/C=C(\Cc2cc3c(cc2OC)OCO3)C(=O)O)n1-c1ccc(OC)cc1OCc1ccccc1C(=O)O. The molecule has 1 aliphatic heterocycles. The Morgan fingerprint density at radius 2 is 1.74 bits per heavy atom. The number of aromatic carboxylic acids is 1. The Hall–Kier alpha value is -5.45. The summed E-state index contributed by atoms with van der Waals surface area (Å²) in [5.41, 5.74) is 2.51. The minimum Gasteiger partial charge on any atom is -0.497 e. The lowest BCUT2D eigenvalue weighted by molar-refractivity contribution is -0.132. The number of carboxylic acid groups (broad SMARTS) is 2. The summed E-state index contributed by atoms with van der Waals surface area (Å²) in [4.78, 5) is 29.1. The van der Waals surface area contributed by atoms with Crippen molar-refractivity contribution >= 4 is 18.0 Å². The van der Waals surface area contributed by atoms with Crippen molar-refractivity contribution in [1.29, 1.82) is 0 Å². The van der Waals surface area contributed by atoms with Gasteiger partial charge in [0.05, 0.1) is 37.4 Å². The van der Waals surface area contributed by atoms with E-state index in [2.05, 4.69) is 6.92 Å². The van der Waals surface area contributed by atoms with E-state index >= 15 is 0 Å². The van der Waals surface area contributed by atoms with Crippen molar-refractivity contribution in [3.05, 3.63) is 94.6 Å². The molecule has 0 fully saturated rings. The van der Waals surface area contributed by atoms with Gasteiger partial charge in [0.15, 0.2) is 11.5 Å². The Kier molecular flexibility index (Phi) is 10.1. The Morgan fingerprint density at radius 3 is 2.46 bits per heavy atom. The van der Waals surface area contributed by atoms with Crippen molar-refractivity contribution in [2.45, 2.75) is 45.6 Å². The molecule has 46 heavy (non-hydrogen) atoms. The molecule has 0 radical (unpaired) electrons. The fraction of sp³-hybridized carbons (Fsp3) is 0.286. The number of nitrogens with zero attached hydrogens (tertiary/aromatic N) is 2. The molecule has 0 bridgehead atoms. The van der Waals surface area contributed by atoms with Gasteiger partial charge in [-0.3, -0.25) is 4.57 Å². The molecule has 1 aliphatic rings. The number of rotatable bonds is 15. The quantitative estimate of drug-likeness (QED) is 0.113. The van der Waals surface area contributed by atoms with E-state index in [1.165, 1.54) is 13.2 Å². The molecule has 3 aromatic carbocycles. The number of unbranched alkanes of at least 4 members (excludes halogenated alkanes) is 2. The first-order chi connectivity index (χ1) is 22.3. The molecule has 240 valence electrons. The number of aliphatic carboxylic acids is 1. The molecular formula is C35H36N2O9. The molecule has 11 nitrogen and oxygen atoms in total. The van der Waals surface area contributed by atoms with Crippen LogP contribution in [0.2, 0.25) is 0 Å². The lowest BCUT2D eigenvalue weighted by Crippen LogP contribution is -2.10. The second-order valence-electron chi connectivity index (χ2n) is 10.6. The van der Waals surface area contributed by atoms with E-state index in [1.807, 2.05) is 10.6 Å². The predicted molar refractivity (Wildman–Crippen MR) is 170 cm³/mol. The number of benzene rings is 3. The van der Waals surface area contributed by atoms with Gasteiger partial charge in [-0.25, -0.2) is 14.6 Å². The third kappa shape index (κ3) is 7.09. The molecule has 0 saturated heterocycles. The molecule has 0 spiro atoms. The zero-order valence-corrected chi connectivity index (χ0v) is 25.9. The van der Waals surface area contributed by atoms with Crippen LogP contribution in [0.3, 0.4) is 0 Å². The van der Waals surface area contributed by atoms with Gasteiger partial charge in [-0.15, -0.1) is 0 Å². The average molecular weight is 629 g/mol. The third-order valence-corrected chi connectivity index (χ3v) is 7.66. The zero-order valence-electron chi connectivity index (χ0n) is 25.9. The van der Waals surface area contributed by atoms with Crippen molar-refractivity contribution in [2.75, 3.05) is 21.0 Å². The van der Waals surface area contributed by atoms with E-state index in [9.17, 15) is 19.8 Å². The Labute approximate surface area is 266 Å². The van der Waals surface area contributed by atoms with Crippen LogP contribution in [-0.2, 0) is 24.2 Å². The van der Waals surface area contributed by atoms with Gasteiger partial charge in [-0.05, 0) is 36.8 Å². The monoisotopic (exact) mass is 628 g/mol. The second kappa shape index (κ2) is 14.6. The van der Waals surface area contributed by atoms with Crippen molar-refractivity contribution in [2.24, 2.45) is 0 Å². The van der Waals surface area contributed by atoms with Gasteiger partial charge in [0.1, 0.15) is 29.7 Å². The Morgan fingerprint density at radius 1 is 0.957 bits per heavy atom. The van der Waals surface area contributed by atoms with Gasteiger partial charge >= 0.3 is 11.9 Å². The van der Waals surface area contributed by atoms with Crippen LogP contribution in [0, 0.1) is 0 Å². The van der Waals surface area contributed by atoms with Crippen LogP contribution in [0.1, 0.15) is 59.2 Å². The summed E-state index contributed by atoms with van der Waals surface area (Å²) in [5.74, 6) is 1.07. The van der Waals surface area contributed by atoms with Crippen molar-refractivity contribution in [3.8, 4) is 34.4 Å². The average Bonchev–Trinajstić information content (AvgIpc) is 3.69. The summed E-state index contributed by atoms with van der Waals surface area (Å²) in [6, 6.07) is 15.4. The molecule has 11 heteroatoms. The van der Waals surface area contributed by atoms with Crippen LogP contribution in [0.25, 0.3) is 11.8 Å². The number of hydrogen-bond donors (Lipinski definition) is 2. The summed E-state index contributed by atoms with van der Waals surface area (Å²) in [6.45, 7) is 2.18. The third-order valence-electron chi connectivity index (χ3n) is 7.66. The lowest BCUT2D eigenvalue weighted by Gasteiger charge is -2.18. The molecule has 1 aromatic heterocycles. The van der Waals surface area contributed by atoms with Crippen LogP contribution >= 0.6 is 0 Å². The number of imidazole rings is 1. The summed E-state index contributed by atoms with van der Waals surface area (Å²) >= 11 is 0. The van der Waals surface area contributed by atoms with Gasteiger partial charge in [0, 0.05) is 41.7 Å². The highest BCUT2D eigenvalue weighted by Crippen LogP contribution is 2.39. The second-order valence-corrected chi connectivity index (χ2v) is 10.6. The molecule has 0 aliphatic carbocycles. The molecule has 0 saturated carbocycles. The number of fused-ring (bicyclic) bond motifs is 1. The zero-order chi connectivity index (χ0) is 32.6. The Bertz CT molecular complexity index is 1760. The first-order valence-corrected chi connectivity index (χ1v) is 14.9. The summed E-state index contributed by atoms with van der Waals surface area (Å²) < 4.78 is 30.1. The van der Waals surface area contributed by atoms with E-state index in [0.717, 1.165) is 25.1 Å². The number of aromatic nitrogens is 2. The normalized spacial score (nSPS) is 12.2. The van der Waals surface area contributed by atoms with Gasteiger partial charge < -0.3 is 33.9 Å². The molecule has 2 heterocycles. The van der Waals surface area contributed by atoms with Crippen molar-refractivity contribution in [3.63, 3.8) is 0 Å². The number of aryl methyl sites for hydroxylation is 1. The van der Waals surface area contributed by atoms with Crippen LogP contribution in [0.15, 0.2) is 66.4 Å². The minimum atomic E-state index is -1.10. The molecule has 0 amide bonds. The van der Waals surface area contributed by atoms with E-state index in [-0.39, 0.29) is 31.0 Å². The highest BCUT2D eigenvalue weighted by molar-refractivity contribution is 5.93. The number of ether oxygens (including phenoxy) is 5. The number of hydrogen-bond acceptors (Lipinski definition) is 8. The van der Waals surface area contributed by atoms with E-state index < -0.39 is 11.9 Å². The van der Waals surface area contributed by atoms with Crippen LogP contribution < -0.4 is 23.7 Å². The smallest absolute Gasteiger partial charge is 0.336 e. The maximum absolute atomic E-state index is 12.6. The minimum absolute atomic E-state index is 0.0159. The highest BCUT2D eigenvalue weighted by atomic mass is 16.7. The van der Waals surface area contributed by atoms with Gasteiger partial charge in [-0.1, -0.05) is 38.0 Å². The fourth-order valence-corrected chi connectivity index (χ4v) is 5.29. The first-order valence-electron chi connectivity index (χ1n) is 14.9. The fourth-order valence-electron chi connectivity index (χ4n) is 5.29. The number of carboxylic acids is 2. The molecule has 4 aromatic rings. The summed E-state index contributed by atoms with van der Waals surface area (Å²) in [6.07, 6.45) is 6.84. The largest absolute Gasteiger partial charge is 0.497 e. The van der Waals surface area contributed by atoms with E-state index in [0.29, 0.717) is 57.7 Å². The molecule has 0 atom stereocenters.